The monoisotopic (exact) mass is 279 g/mol. The van der Waals surface area contributed by atoms with Crippen molar-refractivity contribution in [2.24, 2.45) is 0 Å². The van der Waals surface area contributed by atoms with Crippen LogP contribution in [-0.2, 0) is 11.2 Å². The molecule has 0 radical (unpaired) electrons. The minimum absolute atomic E-state index is 0.162. The number of halogens is 3. The summed E-state index contributed by atoms with van der Waals surface area (Å²) in [6.45, 7) is 1.16. The van der Waals surface area contributed by atoms with E-state index in [1.165, 1.54) is 0 Å². The first-order chi connectivity index (χ1) is 8.74. The van der Waals surface area contributed by atoms with Gasteiger partial charge in [-0.2, -0.15) is 18.3 Å². The third-order valence-corrected chi connectivity index (χ3v) is 2.70. The van der Waals surface area contributed by atoms with Gasteiger partial charge in [-0.1, -0.05) is 0 Å². The molecule has 0 aliphatic carbocycles. The summed E-state index contributed by atoms with van der Waals surface area (Å²) >= 11 is 0. The molecule has 0 aliphatic heterocycles. The molecule has 0 aromatic carbocycles. The SMILES string of the molecule is Cc1n[nH]c(C)c1CC(=O)N(CCO)CC(F)(F)F. The molecule has 0 bridgehead atoms. The van der Waals surface area contributed by atoms with E-state index in [1.54, 1.807) is 13.8 Å². The number of nitrogens with zero attached hydrogens (tertiary/aromatic N) is 2. The molecule has 5 nitrogen and oxygen atoms in total. The van der Waals surface area contributed by atoms with Crippen LogP contribution in [0.25, 0.3) is 0 Å². The molecule has 108 valence electrons. The third kappa shape index (κ3) is 4.55. The molecule has 0 fully saturated rings. The van der Waals surface area contributed by atoms with Crippen LogP contribution in [-0.4, -0.2) is 52.0 Å². The van der Waals surface area contributed by atoms with Crippen LogP contribution in [0.3, 0.4) is 0 Å². The van der Waals surface area contributed by atoms with Crippen molar-refractivity contribution in [2.45, 2.75) is 26.4 Å². The molecule has 1 rings (SSSR count). The standard InChI is InChI=1S/C11H16F3N3O2/c1-7-9(8(2)16-15-7)5-10(19)17(3-4-18)6-11(12,13)14/h18H,3-6H2,1-2H3,(H,15,16). The largest absolute Gasteiger partial charge is 0.406 e. The van der Waals surface area contributed by atoms with Crippen LogP contribution < -0.4 is 0 Å². The van der Waals surface area contributed by atoms with Crippen molar-refractivity contribution < 1.29 is 23.1 Å². The Morgan fingerprint density at radius 2 is 2.05 bits per heavy atom. The second kappa shape index (κ2) is 6.05. The molecule has 0 aliphatic rings. The molecule has 1 heterocycles. The van der Waals surface area contributed by atoms with Gasteiger partial charge in [0.1, 0.15) is 6.54 Å². The minimum atomic E-state index is -4.48. The first-order valence-corrected chi connectivity index (χ1v) is 5.70. The van der Waals surface area contributed by atoms with Crippen LogP contribution in [0.2, 0.25) is 0 Å². The molecule has 0 unspecified atom stereocenters. The lowest BCUT2D eigenvalue weighted by Crippen LogP contribution is -2.41. The van der Waals surface area contributed by atoms with Crippen molar-refractivity contribution in [3.05, 3.63) is 17.0 Å². The topological polar surface area (TPSA) is 69.2 Å². The Morgan fingerprint density at radius 3 is 2.47 bits per heavy atom. The Labute approximate surface area is 108 Å². The van der Waals surface area contributed by atoms with Gasteiger partial charge in [-0.05, 0) is 13.8 Å². The van der Waals surface area contributed by atoms with Gasteiger partial charge in [-0.3, -0.25) is 9.89 Å². The number of aryl methyl sites for hydroxylation is 2. The molecular weight excluding hydrogens is 263 g/mol. The van der Waals surface area contributed by atoms with Crippen molar-refractivity contribution in [2.75, 3.05) is 19.7 Å². The Bertz CT molecular complexity index is 423. The number of rotatable bonds is 5. The number of carbonyl (C=O) groups excluding carboxylic acids is 1. The highest BCUT2D eigenvalue weighted by molar-refractivity contribution is 5.79. The molecule has 1 amide bonds. The molecule has 0 spiro atoms. The third-order valence-electron chi connectivity index (χ3n) is 2.70. The number of aromatic nitrogens is 2. The molecule has 1 aromatic heterocycles. The van der Waals surface area contributed by atoms with Crippen molar-refractivity contribution in [1.29, 1.82) is 0 Å². The zero-order chi connectivity index (χ0) is 14.6. The lowest BCUT2D eigenvalue weighted by Gasteiger charge is -2.23. The number of carbonyl (C=O) groups is 1. The average molecular weight is 279 g/mol. The Balaban J connectivity index is 2.78. The summed E-state index contributed by atoms with van der Waals surface area (Å²) in [6.07, 6.45) is -4.64. The van der Waals surface area contributed by atoms with E-state index in [-0.39, 0.29) is 13.0 Å². The highest BCUT2D eigenvalue weighted by atomic mass is 19.4. The number of aliphatic hydroxyl groups is 1. The van der Waals surface area contributed by atoms with Crippen LogP contribution in [0, 0.1) is 13.8 Å². The molecule has 2 N–H and O–H groups in total. The molecular formula is C11H16F3N3O2. The van der Waals surface area contributed by atoms with Gasteiger partial charge in [-0.15, -0.1) is 0 Å². The molecule has 19 heavy (non-hydrogen) atoms. The number of H-pyrrole nitrogens is 1. The molecule has 0 atom stereocenters. The van der Waals surface area contributed by atoms with E-state index < -0.39 is 25.2 Å². The Hall–Kier alpha value is -1.57. The van der Waals surface area contributed by atoms with E-state index in [4.69, 9.17) is 5.11 Å². The van der Waals surface area contributed by atoms with E-state index in [2.05, 4.69) is 10.2 Å². The summed E-state index contributed by atoms with van der Waals surface area (Å²) in [5.41, 5.74) is 1.83. The number of hydrogen-bond acceptors (Lipinski definition) is 3. The van der Waals surface area contributed by atoms with Gasteiger partial charge in [-0.25, -0.2) is 0 Å². The zero-order valence-electron chi connectivity index (χ0n) is 10.7. The zero-order valence-corrected chi connectivity index (χ0v) is 10.7. The Kier molecular flexibility index (Phi) is 4.93. The van der Waals surface area contributed by atoms with Gasteiger partial charge in [0.05, 0.1) is 18.7 Å². The van der Waals surface area contributed by atoms with Gasteiger partial charge in [0, 0.05) is 17.8 Å². The van der Waals surface area contributed by atoms with E-state index in [0.29, 0.717) is 21.9 Å². The lowest BCUT2D eigenvalue weighted by molar-refractivity contribution is -0.161. The maximum absolute atomic E-state index is 12.3. The number of hydrogen-bond donors (Lipinski definition) is 2. The van der Waals surface area contributed by atoms with E-state index in [1.807, 2.05) is 0 Å². The first kappa shape index (κ1) is 15.5. The van der Waals surface area contributed by atoms with E-state index in [9.17, 15) is 18.0 Å². The summed E-state index contributed by atoms with van der Waals surface area (Å²) in [6, 6.07) is 0. The van der Waals surface area contributed by atoms with Crippen LogP contribution in [0.5, 0.6) is 0 Å². The number of nitrogens with one attached hydrogen (secondary N) is 1. The fourth-order valence-electron chi connectivity index (χ4n) is 1.73. The van der Waals surface area contributed by atoms with Crippen molar-refractivity contribution in [3.8, 4) is 0 Å². The Morgan fingerprint density at radius 1 is 1.42 bits per heavy atom. The number of alkyl halides is 3. The van der Waals surface area contributed by atoms with Gasteiger partial charge < -0.3 is 10.0 Å². The molecule has 0 saturated carbocycles. The summed E-state index contributed by atoms with van der Waals surface area (Å²) in [5.74, 6) is -0.682. The van der Waals surface area contributed by atoms with Crippen molar-refractivity contribution >= 4 is 5.91 Å². The van der Waals surface area contributed by atoms with Crippen LogP contribution in [0.15, 0.2) is 0 Å². The van der Waals surface area contributed by atoms with Crippen molar-refractivity contribution in [1.82, 2.24) is 15.1 Å². The average Bonchev–Trinajstić information content (AvgIpc) is 2.58. The van der Waals surface area contributed by atoms with Crippen LogP contribution in [0.1, 0.15) is 17.0 Å². The fraction of sp³-hybridized carbons (Fsp3) is 0.636. The maximum atomic E-state index is 12.3. The van der Waals surface area contributed by atoms with Gasteiger partial charge >= 0.3 is 6.18 Å². The molecule has 8 heteroatoms. The summed E-state index contributed by atoms with van der Waals surface area (Å²) in [5, 5.41) is 15.3. The second-order valence-corrected chi connectivity index (χ2v) is 4.24. The summed E-state index contributed by atoms with van der Waals surface area (Å²) in [4.78, 5) is 12.5. The maximum Gasteiger partial charge on any atom is 0.406 e. The smallest absolute Gasteiger partial charge is 0.395 e. The van der Waals surface area contributed by atoms with Gasteiger partial charge in [0.2, 0.25) is 5.91 Å². The van der Waals surface area contributed by atoms with Crippen LogP contribution >= 0.6 is 0 Å². The van der Waals surface area contributed by atoms with Crippen LogP contribution in [0.4, 0.5) is 13.2 Å². The summed E-state index contributed by atoms with van der Waals surface area (Å²) in [7, 11) is 0. The predicted molar refractivity (Wildman–Crippen MR) is 61.5 cm³/mol. The second-order valence-electron chi connectivity index (χ2n) is 4.24. The quantitative estimate of drug-likeness (QED) is 0.843. The van der Waals surface area contributed by atoms with Gasteiger partial charge in [0.25, 0.3) is 0 Å². The summed E-state index contributed by atoms with van der Waals surface area (Å²) < 4.78 is 37.0. The highest BCUT2D eigenvalue weighted by Crippen LogP contribution is 2.18. The van der Waals surface area contributed by atoms with Gasteiger partial charge in [0.15, 0.2) is 0 Å². The van der Waals surface area contributed by atoms with E-state index in [0.717, 1.165) is 0 Å². The first-order valence-electron chi connectivity index (χ1n) is 5.70. The minimum Gasteiger partial charge on any atom is -0.395 e. The normalized spacial score (nSPS) is 11.7. The lowest BCUT2D eigenvalue weighted by atomic mass is 10.1. The molecule has 0 saturated heterocycles. The predicted octanol–water partition coefficient (Wildman–Crippen LogP) is 0.952. The van der Waals surface area contributed by atoms with E-state index >= 15 is 0 Å². The number of aromatic amines is 1. The highest BCUT2D eigenvalue weighted by Gasteiger charge is 2.33. The van der Waals surface area contributed by atoms with Crippen molar-refractivity contribution in [3.63, 3.8) is 0 Å². The fourth-order valence-corrected chi connectivity index (χ4v) is 1.73. The number of amides is 1. The number of aliphatic hydroxyl groups excluding tert-OH is 1. The molecule has 1 aromatic rings.